The van der Waals surface area contributed by atoms with E-state index >= 15 is 0 Å². The first-order valence-corrected chi connectivity index (χ1v) is 10.1. The predicted molar refractivity (Wildman–Crippen MR) is 115 cm³/mol. The summed E-state index contributed by atoms with van der Waals surface area (Å²) in [6, 6.07) is 32.4. The van der Waals surface area contributed by atoms with E-state index in [1.165, 1.54) is 44.5 Å². The molecular weight excluding hydrogens is 406 g/mol. The molecule has 0 unspecified atom stereocenters. The number of nitriles is 1. The molecule has 0 bridgehead atoms. The van der Waals surface area contributed by atoms with Gasteiger partial charge in [-0.2, -0.15) is 5.26 Å². The number of halogens is 1. The zero-order valence-electron chi connectivity index (χ0n) is 14.9. The van der Waals surface area contributed by atoms with Crippen molar-refractivity contribution in [1.82, 2.24) is 0 Å². The molecule has 0 aromatic heterocycles. The third-order valence-electron chi connectivity index (χ3n) is 6.18. The maximum absolute atomic E-state index is 9.59. The minimum absolute atomic E-state index is 0.380. The Morgan fingerprint density at radius 1 is 0.607 bits per heavy atom. The van der Waals surface area contributed by atoms with Crippen molar-refractivity contribution in [2.24, 2.45) is 0 Å². The fourth-order valence-corrected chi connectivity index (χ4v) is 5.54. The van der Waals surface area contributed by atoms with Crippen molar-refractivity contribution in [2.75, 3.05) is 0 Å². The number of fused-ring (bicyclic) bond motifs is 10. The van der Waals surface area contributed by atoms with E-state index < -0.39 is 0 Å². The highest BCUT2D eigenvalue weighted by atomic mass is 79.9. The van der Waals surface area contributed by atoms with Crippen LogP contribution in [0.25, 0.3) is 22.3 Å². The molecule has 2 aliphatic rings. The third kappa shape index (κ3) is 1.75. The lowest BCUT2D eigenvalue weighted by molar-refractivity contribution is 0.792. The summed E-state index contributed by atoms with van der Waals surface area (Å²) in [5.41, 5.74) is 10.4. The lowest BCUT2D eigenvalue weighted by Gasteiger charge is -2.30. The van der Waals surface area contributed by atoms with Crippen molar-refractivity contribution in [2.45, 2.75) is 5.41 Å². The molecule has 0 fully saturated rings. The lowest BCUT2D eigenvalue weighted by atomic mass is 9.70. The molecular formula is C26H14BrN. The first-order chi connectivity index (χ1) is 13.7. The maximum Gasteiger partial charge on any atom is 0.0991 e. The first-order valence-electron chi connectivity index (χ1n) is 9.29. The maximum atomic E-state index is 9.59. The van der Waals surface area contributed by atoms with Gasteiger partial charge >= 0.3 is 0 Å². The molecule has 0 saturated heterocycles. The van der Waals surface area contributed by atoms with Gasteiger partial charge in [0.25, 0.3) is 0 Å². The second-order valence-corrected chi connectivity index (χ2v) is 8.32. The van der Waals surface area contributed by atoms with Gasteiger partial charge in [-0.25, -0.2) is 0 Å². The van der Waals surface area contributed by atoms with Crippen molar-refractivity contribution in [3.05, 3.63) is 117 Å². The molecule has 1 nitrogen and oxygen atoms in total. The van der Waals surface area contributed by atoms with Gasteiger partial charge < -0.3 is 0 Å². The molecule has 28 heavy (non-hydrogen) atoms. The van der Waals surface area contributed by atoms with E-state index in [0.29, 0.717) is 5.56 Å². The molecule has 4 aromatic carbocycles. The smallest absolute Gasteiger partial charge is 0.0991 e. The second kappa shape index (κ2) is 5.44. The fourth-order valence-electron chi connectivity index (χ4n) is 5.18. The summed E-state index contributed by atoms with van der Waals surface area (Å²) >= 11 is 3.70. The Kier molecular flexibility index (Phi) is 3.08. The van der Waals surface area contributed by atoms with Crippen LogP contribution in [0.5, 0.6) is 0 Å². The second-order valence-electron chi connectivity index (χ2n) is 7.40. The quantitative estimate of drug-likeness (QED) is 0.269. The van der Waals surface area contributed by atoms with Gasteiger partial charge in [-0.05, 0) is 68.8 Å². The average Bonchev–Trinajstić information content (AvgIpc) is 3.20. The molecule has 0 N–H and O–H groups in total. The van der Waals surface area contributed by atoms with Gasteiger partial charge in [-0.1, -0.05) is 76.6 Å². The highest BCUT2D eigenvalue weighted by Crippen LogP contribution is 2.62. The van der Waals surface area contributed by atoms with E-state index in [0.717, 1.165) is 4.47 Å². The average molecular weight is 420 g/mol. The van der Waals surface area contributed by atoms with E-state index in [1.54, 1.807) is 0 Å². The van der Waals surface area contributed by atoms with Crippen LogP contribution in [0.2, 0.25) is 0 Å². The number of hydrogen-bond donors (Lipinski definition) is 0. The van der Waals surface area contributed by atoms with Gasteiger partial charge in [-0.15, -0.1) is 0 Å². The Balaban J connectivity index is 1.87. The van der Waals surface area contributed by atoms with Gasteiger partial charge in [0.1, 0.15) is 0 Å². The standard InChI is InChI=1S/C26H14BrN/c27-17-10-12-21-20-11-9-16(15-28)13-24(20)26(25(21)14-17)22-7-3-1-5-18(22)19-6-2-4-8-23(19)26/h1-14H. The molecule has 6 rings (SSSR count). The molecule has 0 aliphatic heterocycles. The van der Waals surface area contributed by atoms with Crippen LogP contribution in [-0.2, 0) is 5.41 Å². The van der Waals surface area contributed by atoms with Gasteiger partial charge in [0, 0.05) is 4.47 Å². The Morgan fingerprint density at radius 3 is 1.79 bits per heavy atom. The topological polar surface area (TPSA) is 23.8 Å². The zero-order chi connectivity index (χ0) is 18.9. The van der Waals surface area contributed by atoms with Crippen molar-refractivity contribution in [3.8, 4) is 28.3 Å². The highest BCUT2D eigenvalue weighted by Gasteiger charge is 2.51. The van der Waals surface area contributed by atoms with Crippen molar-refractivity contribution in [3.63, 3.8) is 0 Å². The number of nitrogens with zero attached hydrogens (tertiary/aromatic N) is 1. The summed E-state index contributed by atoms with van der Waals surface area (Å²) < 4.78 is 1.07. The summed E-state index contributed by atoms with van der Waals surface area (Å²) in [7, 11) is 0. The molecule has 0 heterocycles. The monoisotopic (exact) mass is 419 g/mol. The van der Waals surface area contributed by atoms with Crippen LogP contribution in [0, 0.1) is 11.3 Å². The predicted octanol–water partition coefficient (Wildman–Crippen LogP) is 6.66. The van der Waals surface area contributed by atoms with Crippen LogP contribution in [-0.4, -0.2) is 0 Å². The van der Waals surface area contributed by atoms with Gasteiger partial charge in [0.05, 0.1) is 17.0 Å². The minimum atomic E-state index is -0.380. The third-order valence-corrected chi connectivity index (χ3v) is 6.67. The minimum Gasteiger partial charge on any atom is -0.192 e. The molecule has 0 saturated carbocycles. The van der Waals surface area contributed by atoms with Gasteiger partial charge in [0.15, 0.2) is 0 Å². The molecule has 2 aliphatic carbocycles. The Hall–Kier alpha value is -3.15. The SMILES string of the molecule is N#Cc1ccc2c(c1)C1(c3ccccc3-c3ccccc31)c1cc(Br)ccc1-2. The fraction of sp³-hybridized carbons (Fsp3) is 0.0385. The lowest BCUT2D eigenvalue weighted by Crippen LogP contribution is -2.26. The van der Waals surface area contributed by atoms with Crippen LogP contribution in [0.1, 0.15) is 27.8 Å². The molecule has 1 spiro atoms. The van der Waals surface area contributed by atoms with Crippen LogP contribution in [0.3, 0.4) is 0 Å². The Bertz CT molecular complexity index is 1300. The van der Waals surface area contributed by atoms with Gasteiger partial charge in [-0.3, -0.25) is 0 Å². The number of benzene rings is 4. The van der Waals surface area contributed by atoms with Crippen LogP contribution in [0.4, 0.5) is 0 Å². The summed E-state index contributed by atoms with van der Waals surface area (Å²) in [6.07, 6.45) is 0. The van der Waals surface area contributed by atoms with Crippen molar-refractivity contribution < 1.29 is 0 Å². The summed E-state index contributed by atoms with van der Waals surface area (Å²) in [5.74, 6) is 0. The van der Waals surface area contributed by atoms with Crippen molar-refractivity contribution in [1.29, 1.82) is 5.26 Å². The molecule has 0 amide bonds. The zero-order valence-corrected chi connectivity index (χ0v) is 16.5. The largest absolute Gasteiger partial charge is 0.192 e. The molecule has 2 heteroatoms. The summed E-state index contributed by atoms with van der Waals surface area (Å²) in [6.45, 7) is 0. The summed E-state index contributed by atoms with van der Waals surface area (Å²) in [4.78, 5) is 0. The Morgan fingerprint density at radius 2 is 1.14 bits per heavy atom. The molecule has 4 aromatic rings. The molecule has 130 valence electrons. The van der Waals surface area contributed by atoms with Gasteiger partial charge in [0.2, 0.25) is 0 Å². The first kappa shape index (κ1) is 15.9. The molecule has 0 atom stereocenters. The van der Waals surface area contributed by atoms with E-state index in [2.05, 4.69) is 101 Å². The normalized spacial score (nSPS) is 14.1. The Labute approximate surface area is 172 Å². The van der Waals surface area contributed by atoms with E-state index in [9.17, 15) is 5.26 Å². The van der Waals surface area contributed by atoms with Crippen LogP contribution >= 0.6 is 15.9 Å². The number of hydrogen-bond acceptors (Lipinski definition) is 1. The van der Waals surface area contributed by atoms with Crippen LogP contribution in [0.15, 0.2) is 89.4 Å². The summed E-state index contributed by atoms with van der Waals surface area (Å²) in [5, 5.41) is 9.59. The van der Waals surface area contributed by atoms with E-state index in [-0.39, 0.29) is 5.41 Å². The molecule has 0 radical (unpaired) electrons. The van der Waals surface area contributed by atoms with Crippen molar-refractivity contribution >= 4 is 15.9 Å². The van der Waals surface area contributed by atoms with E-state index in [1.807, 2.05) is 6.07 Å². The van der Waals surface area contributed by atoms with Crippen LogP contribution < -0.4 is 0 Å². The number of rotatable bonds is 0. The highest BCUT2D eigenvalue weighted by molar-refractivity contribution is 9.10. The van der Waals surface area contributed by atoms with E-state index in [4.69, 9.17) is 0 Å².